The number of fused-ring (bicyclic) bond motifs is 1. The Morgan fingerprint density at radius 3 is 1.67 bits per heavy atom. The van der Waals surface area contributed by atoms with Gasteiger partial charge in [-0.2, -0.15) is 0 Å². The monoisotopic (exact) mass is 286 g/mol. The molecule has 0 bridgehead atoms. The van der Waals surface area contributed by atoms with E-state index in [0.717, 1.165) is 13.2 Å². The van der Waals surface area contributed by atoms with Crippen LogP contribution in [0.15, 0.2) is 12.1 Å². The molecule has 116 valence electrons. The highest BCUT2D eigenvalue weighted by molar-refractivity contribution is 5.50. The van der Waals surface area contributed by atoms with Crippen LogP contribution in [0.3, 0.4) is 0 Å². The molecule has 0 atom stereocenters. The van der Waals surface area contributed by atoms with Crippen molar-refractivity contribution in [2.45, 2.75) is 71.6 Å². The molecule has 0 unspecified atom stereocenters. The van der Waals surface area contributed by atoms with Crippen LogP contribution < -0.4 is 0 Å². The zero-order valence-electron chi connectivity index (χ0n) is 14.6. The number of benzene rings is 1. The zero-order chi connectivity index (χ0) is 15.5. The summed E-state index contributed by atoms with van der Waals surface area (Å²) in [5, 5.41) is 0. The quantitative estimate of drug-likeness (QED) is 0.666. The van der Waals surface area contributed by atoms with Gasteiger partial charge in [0.15, 0.2) is 0 Å². The van der Waals surface area contributed by atoms with Gasteiger partial charge in [-0.1, -0.05) is 53.7 Å². The number of hydrogen-bond donors (Lipinski definition) is 0. The predicted molar refractivity (Wildman–Crippen MR) is 89.1 cm³/mol. The maximum atomic E-state index is 5.76. The molecule has 1 aromatic rings. The lowest BCUT2D eigenvalue weighted by Gasteiger charge is -2.28. The molecule has 1 aliphatic carbocycles. The molecule has 1 fully saturated rings. The topological polar surface area (TPSA) is 9.23 Å². The molecular weight excluding hydrogens is 256 g/mol. The molecule has 1 heterocycles. The molecule has 0 amide bonds. The van der Waals surface area contributed by atoms with Crippen molar-refractivity contribution in [2.24, 2.45) is 5.41 Å². The predicted octanol–water partition coefficient (Wildman–Crippen LogP) is 4.79. The minimum atomic E-state index is 0.228. The van der Waals surface area contributed by atoms with Gasteiger partial charge >= 0.3 is 0 Å². The van der Waals surface area contributed by atoms with Gasteiger partial charge in [0.2, 0.25) is 0 Å². The van der Waals surface area contributed by atoms with E-state index in [1.807, 2.05) is 0 Å². The fourth-order valence-electron chi connectivity index (χ4n) is 4.24. The average Bonchev–Trinajstić information content (AvgIpc) is 2.92. The molecule has 2 aliphatic rings. The lowest BCUT2D eigenvalue weighted by atomic mass is 9.77. The second kappa shape index (κ2) is 4.59. The van der Waals surface area contributed by atoms with Crippen LogP contribution in [0, 0.1) is 5.41 Å². The van der Waals surface area contributed by atoms with E-state index < -0.39 is 0 Å². The van der Waals surface area contributed by atoms with Gasteiger partial charge in [0.05, 0.1) is 6.61 Å². The highest BCUT2D eigenvalue weighted by atomic mass is 16.5. The van der Waals surface area contributed by atoms with E-state index in [1.165, 1.54) is 19.3 Å². The average molecular weight is 286 g/mol. The van der Waals surface area contributed by atoms with E-state index in [2.05, 4.69) is 53.7 Å². The van der Waals surface area contributed by atoms with Gasteiger partial charge in [-0.25, -0.2) is 0 Å². The van der Waals surface area contributed by atoms with Crippen molar-refractivity contribution in [1.29, 1.82) is 0 Å². The van der Waals surface area contributed by atoms with Crippen LogP contribution in [0.4, 0.5) is 0 Å². The van der Waals surface area contributed by atoms with Crippen molar-refractivity contribution in [1.82, 2.24) is 0 Å². The molecule has 1 saturated heterocycles. The fourth-order valence-corrected chi connectivity index (χ4v) is 4.24. The molecule has 1 nitrogen and oxygen atoms in total. The van der Waals surface area contributed by atoms with Gasteiger partial charge in [0.1, 0.15) is 0 Å². The standard InChI is InChI=1S/C20H30O/c1-18(2,3)16-7-8-17(19(4,5)6)15-12-20(11-14(15)16)9-10-21-13-20/h7-8H,9-13H2,1-6H3. The molecule has 1 heteroatoms. The summed E-state index contributed by atoms with van der Waals surface area (Å²) in [6.07, 6.45) is 3.67. The first-order chi connectivity index (χ1) is 9.62. The minimum Gasteiger partial charge on any atom is -0.381 e. The van der Waals surface area contributed by atoms with Crippen molar-refractivity contribution in [3.8, 4) is 0 Å². The van der Waals surface area contributed by atoms with Crippen LogP contribution in [0.5, 0.6) is 0 Å². The van der Waals surface area contributed by atoms with E-state index in [4.69, 9.17) is 4.74 Å². The molecule has 0 N–H and O–H groups in total. The first-order valence-corrected chi connectivity index (χ1v) is 8.36. The Hall–Kier alpha value is -0.820. The molecule has 3 rings (SSSR count). The summed E-state index contributed by atoms with van der Waals surface area (Å²) < 4.78 is 5.76. The SMILES string of the molecule is CC(C)(C)c1ccc(C(C)(C)C)c2c1CC1(CCOC1)C2. The Morgan fingerprint density at radius 2 is 1.33 bits per heavy atom. The summed E-state index contributed by atoms with van der Waals surface area (Å²) in [4.78, 5) is 0. The third-order valence-electron chi connectivity index (χ3n) is 5.34. The zero-order valence-corrected chi connectivity index (χ0v) is 14.6. The van der Waals surface area contributed by atoms with Gasteiger partial charge < -0.3 is 4.74 Å². The Bertz CT molecular complexity index is 503. The van der Waals surface area contributed by atoms with Crippen molar-refractivity contribution in [2.75, 3.05) is 13.2 Å². The second-order valence-electron chi connectivity index (χ2n) is 9.27. The smallest absolute Gasteiger partial charge is 0.0529 e. The number of rotatable bonds is 0. The van der Waals surface area contributed by atoms with Gasteiger partial charge in [-0.05, 0) is 52.3 Å². The summed E-state index contributed by atoms with van der Waals surface area (Å²) in [7, 11) is 0. The van der Waals surface area contributed by atoms with E-state index in [0.29, 0.717) is 5.41 Å². The first-order valence-electron chi connectivity index (χ1n) is 8.36. The maximum absolute atomic E-state index is 5.76. The van der Waals surface area contributed by atoms with Gasteiger partial charge in [0.25, 0.3) is 0 Å². The normalized spacial score (nSPS) is 21.0. The minimum absolute atomic E-state index is 0.228. The molecule has 1 aromatic carbocycles. The summed E-state index contributed by atoms with van der Waals surface area (Å²) in [6, 6.07) is 4.79. The molecule has 1 aliphatic heterocycles. The molecule has 0 aromatic heterocycles. The van der Waals surface area contributed by atoms with Crippen LogP contribution in [-0.2, 0) is 28.4 Å². The first kappa shape index (κ1) is 15.1. The Kier molecular flexibility index (Phi) is 3.30. The lowest BCUT2D eigenvalue weighted by molar-refractivity contribution is 0.155. The number of ether oxygens (including phenoxy) is 1. The van der Waals surface area contributed by atoms with Crippen molar-refractivity contribution in [3.63, 3.8) is 0 Å². The van der Waals surface area contributed by atoms with Gasteiger partial charge in [-0.3, -0.25) is 0 Å². The van der Waals surface area contributed by atoms with E-state index in [-0.39, 0.29) is 10.8 Å². The molecule has 21 heavy (non-hydrogen) atoms. The molecule has 0 radical (unpaired) electrons. The lowest BCUT2D eigenvalue weighted by Crippen LogP contribution is -2.22. The van der Waals surface area contributed by atoms with Crippen LogP contribution in [-0.4, -0.2) is 13.2 Å². The summed E-state index contributed by atoms with van der Waals surface area (Å²) in [5.41, 5.74) is 7.23. The van der Waals surface area contributed by atoms with E-state index >= 15 is 0 Å². The molecule has 1 spiro atoms. The maximum Gasteiger partial charge on any atom is 0.0529 e. The molecular formula is C20H30O. The van der Waals surface area contributed by atoms with Crippen molar-refractivity contribution < 1.29 is 4.74 Å². The summed E-state index contributed by atoms with van der Waals surface area (Å²) in [5.74, 6) is 0. The Labute approximate surface area is 130 Å². The summed E-state index contributed by atoms with van der Waals surface area (Å²) in [6.45, 7) is 16.0. The van der Waals surface area contributed by atoms with Gasteiger partial charge in [0, 0.05) is 12.0 Å². The highest BCUT2D eigenvalue weighted by Gasteiger charge is 2.44. The second-order valence-corrected chi connectivity index (χ2v) is 9.27. The highest BCUT2D eigenvalue weighted by Crippen LogP contribution is 2.48. The molecule has 0 saturated carbocycles. The van der Waals surface area contributed by atoms with Crippen LogP contribution in [0.25, 0.3) is 0 Å². The van der Waals surface area contributed by atoms with Crippen LogP contribution >= 0.6 is 0 Å². The summed E-state index contributed by atoms with van der Waals surface area (Å²) >= 11 is 0. The van der Waals surface area contributed by atoms with Crippen molar-refractivity contribution in [3.05, 3.63) is 34.4 Å². The largest absolute Gasteiger partial charge is 0.381 e. The van der Waals surface area contributed by atoms with Crippen LogP contribution in [0.2, 0.25) is 0 Å². The van der Waals surface area contributed by atoms with E-state index in [9.17, 15) is 0 Å². The Morgan fingerprint density at radius 1 is 0.857 bits per heavy atom. The number of hydrogen-bond acceptors (Lipinski definition) is 1. The van der Waals surface area contributed by atoms with Crippen molar-refractivity contribution >= 4 is 0 Å². The third kappa shape index (κ3) is 2.54. The van der Waals surface area contributed by atoms with E-state index in [1.54, 1.807) is 22.3 Å². The third-order valence-corrected chi connectivity index (χ3v) is 5.34. The van der Waals surface area contributed by atoms with Gasteiger partial charge in [-0.15, -0.1) is 0 Å². The fraction of sp³-hybridized carbons (Fsp3) is 0.700. The van der Waals surface area contributed by atoms with Crippen LogP contribution in [0.1, 0.15) is 70.2 Å². The Balaban J connectivity index is 2.15.